The first-order valence-corrected chi connectivity index (χ1v) is 6.40. The molecule has 1 atom stereocenters. The van der Waals surface area contributed by atoms with Crippen LogP contribution in [0.4, 0.5) is 5.69 Å². The molecule has 5 heteroatoms. The van der Waals surface area contributed by atoms with Gasteiger partial charge >= 0.3 is 0 Å². The summed E-state index contributed by atoms with van der Waals surface area (Å²) in [5.41, 5.74) is 2.12. The Morgan fingerprint density at radius 2 is 2.21 bits per heavy atom. The van der Waals surface area contributed by atoms with Gasteiger partial charge in [0.1, 0.15) is 6.07 Å². The van der Waals surface area contributed by atoms with Crippen molar-refractivity contribution in [2.24, 2.45) is 0 Å². The number of anilines is 1. The topological polar surface area (TPSA) is 64.8 Å². The highest BCUT2D eigenvalue weighted by atomic mass is 15.2. The zero-order valence-corrected chi connectivity index (χ0v) is 10.8. The summed E-state index contributed by atoms with van der Waals surface area (Å²) in [6.07, 6.45) is 1.08. The largest absolute Gasteiger partial charge is 0.367 e. The van der Waals surface area contributed by atoms with E-state index in [4.69, 9.17) is 0 Å². The maximum Gasteiger partial charge on any atom is 0.187 e. The van der Waals surface area contributed by atoms with Crippen molar-refractivity contribution in [3.05, 3.63) is 30.0 Å². The van der Waals surface area contributed by atoms with Gasteiger partial charge < -0.3 is 10.2 Å². The fourth-order valence-electron chi connectivity index (χ4n) is 2.62. The number of likely N-dealkylation sites (N-methyl/N-ethyl adjacent to an activating group) is 1. The van der Waals surface area contributed by atoms with Crippen molar-refractivity contribution >= 4 is 16.6 Å². The molecule has 1 aromatic carbocycles. The summed E-state index contributed by atoms with van der Waals surface area (Å²) >= 11 is 0. The van der Waals surface area contributed by atoms with Gasteiger partial charge in [0.05, 0.1) is 11.2 Å². The molecular weight excluding hydrogens is 238 g/mol. The van der Waals surface area contributed by atoms with Crippen molar-refractivity contribution in [1.82, 2.24) is 15.5 Å². The summed E-state index contributed by atoms with van der Waals surface area (Å²) in [6.45, 7) is 1.96. The molecule has 0 saturated carbocycles. The van der Waals surface area contributed by atoms with E-state index >= 15 is 0 Å². The number of aromatic nitrogens is 2. The minimum absolute atomic E-state index is 0.396. The first kappa shape index (κ1) is 11.9. The molecule has 1 aliphatic heterocycles. The Labute approximate surface area is 111 Å². The summed E-state index contributed by atoms with van der Waals surface area (Å²) in [5.74, 6) is 0. The highest BCUT2D eigenvalue weighted by Gasteiger charge is 2.23. The van der Waals surface area contributed by atoms with Crippen LogP contribution < -0.4 is 10.2 Å². The Kier molecular flexibility index (Phi) is 3.02. The van der Waals surface area contributed by atoms with E-state index < -0.39 is 0 Å². The van der Waals surface area contributed by atoms with Crippen LogP contribution in [0.2, 0.25) is 0 Å². The van der Waals surface area contributed by atoms with Crippen LogP contribution in [0.3, 0.4) is 0 Å². The van der Waals surface area contributed by atoms with E-state index in [2.05, 4.69) is 26.5 Å². The lowest BCUT2D eigenvalue weighted by molar-refractivity contribution is 0.685. The van der Waals surface area contributed by atoms with Gasteiger partial charge in [-0.15, -0.1) is 10.2 Å². The van der Waals surface area contributed by atoms with Crippen molar-refractivity contribution in [2.45, 2.75) is 12.5 Å². The summed E-state index contributed by atoms with van der Waals surface area (Å²) in [6, 6.07) is 10.4. The molecule has 5 nitrogen and oxygen atoms in total. The van der Waals surface area contributed by atoms with Gasteiger partial charge in [-0.2, -0.15) is 5.26 Å². The van der Waals surface area contributed by atoms with Crippen molar-refractivity contribution in [1.29, 1.82) is 5.26 Å². The smallest absolute Gasteiger partial charge is 0.187 e. The predicted octanol–water partition coefficient (Wildman–Crippen LogP) is 1.30. The summed E-state index contributed by atoms with van der Waals surface area (Å²) in [7, 11) is 2.03. The molecule has 19 heavy (non-hydrogen) atoms. The Balaban J connectivity index is 2.16. The number of hydrogen-bond acceptors (Lipinski definition) is 5. The lowest BCUT2D eigenvalue weighted by atomic mass is 10.1. The molecule has 1 N–H and O–H groups in total. The lowest BCUT2D eigenvalue weighted by Crippen LogP contribution is -2.34. The molecule has 3 rings (SSSR count). The average molecular weight is 253 g/mol. The molecule has 2 aromatic rings. The average Bonchev–Trinajstić information content (AvgIpc) is 2.99. The normalized spacial score (nSPS) is 18.4. The molecular formula is C14H15N5. The molecule has 0 spiro atoms. The van der Waals surface area contributed by atoms with Crippen LogP contribution in [0.5, 0.6) is 0 Å². The predicted molar refractivity (Wildman–Crippen MR) is 73.9 cm³/mol. The standard InChI is InChI=1S/C14H15N5/c1-19(10-6-7-16-9-10)14-11-4-2-3-5-12(11)17-18-13(14)8-15/h2-5,10,16H,6-7,9H2,1H3. The second kappa shape index (κ2) is 4.82. The van der Waals surface area contributed by atoms with Crippen LogP contribution in [-0.4, -0.2) is 36.4 Å². The molecule has 1 saturated heterocycles. The van der Waals surface area contributed by atoms with Gasteiger partial charge in [-0.1, -0.05) is 18.2 Å². The molecule has 2 heterocycles. The molecule has 0 aliphatic carbocycles. The van der Waals surface area contributed by atoms with Gasteiger partial charge in [0, 0.05) is 25.0 Å². The zero-order valence-electron chi connectivity index (χ0n) is 10.8. The van der Waals surface area contributed by atoms with Crippen LogP contribution in [-0.2, 0) is 0 Å². The number of benzene rings is 1. The molecule has 1 aliphatic rings. The first-order valence-electron chi connectivity index (χ1n) is 6.40. The molecule has 0 amide bonds. The summed E-state index contributed by atoms with van der Waals surface area (Å²) < 4.78 is 0. The minimum Gasteiger partial charge on any atom is -0.367 e. The van der Waals surface area contributed by atoms with E-state index in [0.29, 0.717) is 11.7 Å². The quantitative estimate of drug-likeness (QED) is 0.874. The van der Waals surface area contributed by atoms with Crippen LogP contribution in [0.15, 0.2) is 24.3 Å². The van der Waals surface area contributed by atoms with Crippen LogP contribution in [0.25, 0.3) is 10.9 Å². The van der Waals surface area contributed by atoms with Gasteiger partial charge in [0.2, 0.25) is 0 Å². The number of rotatable bonds is 2. The van der Waals surface area contributed by atoms with Gasteiger partial charge in [-0.05, 0) is 19.0 Å². The third-order valence-corrected chi connectivity index (χ3v) is 3.68. The van der Waals surface area contributed by atoms with E-state index in [1.807, 2.05) is 31.3 Å². The number of nitrogens with one attached hydrogen (secondary N) is 1. The fraction of sp³-hybridized carbons (Fsp3) is 0.357. The minimum atomic E-state index is 0.396. The maximum atomic E-state index is 9.27. The molecule has 0 bridgehead atoms. The van der Waals surface area contributed by atoms with Crippen molar-refractivity contribution in [3.8, 4) is 6.07 Å². The van der Waals surface area contributed by atoms with Gasteiger partial charge in [-0.25, -0.2) is 0 Å². The number of nitriles is 1. The fourth-order valence-corrected chi connectivity index (χ4v) is 2.62. The van der Waals surface area contributed by atoms with E-state index in [1.54, 1.807) is 0 Å². The Bertz CT molecular complexity index is 640. The van der Waals surface area contributed by atoms with E-state index in [-0.39, 0.29) is 0 Å². The Hall–Kier alpha value is -2.19. The SMILES string of the molecule is CN(c1c(C#N)nnc2ccccc12)C1CCNC1. The van der Waals surface area contributed by atoms with Crippen molar-refractivity contribution < 1.29 is 0 Å². The van der Waals surface area contributed by atoms with Crippen LogP contribution >= 0.6 is 0 Å². The Morgan fingerprint density at radius 3 is 2.95 bits per heavy atom. The van der Waals surface area contributed by atoms with Gasteiger partial charge in [0.25, 0.3) is 0 Å². The van der Waals surface area contributed by atoms with E-state index in [1.165, 1.54) is 0 Å². The Morgan fingerprint density at radius 1 is 1.37 bits per heavy atom. The van der Waals surface area contributed by atoms with Crippen molar-refractivity contribution in [3.63, 3.8) is 0 Å². The molecule has 1 fully saturated rings. The highest BCUT2D eigenvalue weighted by Crippen LogP contribution is 2.29. The van der Waals surface area contributed by atoms with Gasteiger partial charge in [-0.3, -0.25) is 0 Å². The second-order valence-electron chi connectivity index (χ2n) is 4.78. The number of hydrogen-bond donors (Lipinski definition) is 1. The third-order valence-electron chi connectivity index (χ3n) is 3.68. The van der Waals surface area contributed by atoms with Gasteiger partial charge in [0.15, 0.2) is 5.69 Å². The molecule has 1 unspecified atom stereocenters. The maximum absolute atomic E-state index is 9.27. The molecule has 1 aromatic heterocycles. The highest BCUT2D eigenvalue weighted by molar-refractivity contribution is 5.93. The first-order chi connectivity index (χ1) is 9.31. The van der Waals surface area contributed by atoms with Crippen LogP contribution in [0, 0.1) is 11.3 Å². The zero-order chi connectivity index (χ0) is 13.2. The van der Waals surface area contributed by atoms with Crippen molar-refractivity contribution in [2.75, 3.05) is 25.0 Å². The lowest BCUT2D eigenvalue weighted by Gasteiger charge is -2.27. The van der Waals surface area contributed by atoms with E-state index in [9.17, 15) is 5.26 Å². The summed E-state index contributed by atoms with van der Waals surface area (Å²) in [5, 5.41) is 21.8. The summed E-state index contributed by atoms with van der Waals surface area (Å²) in [4.78, 5) is 2.16. The van der Waals surface area contributed by atoms with Crippen LogP contribution in [0.1, 0.15) is 12.1 Å². The monoisotopic (exact) mass is 253 g/mol. The second-order valence-corrected chi connectivity index (χ2v) is 4.78. The number of nitrogens with zero attached hydrogens (tertiary/aromatic N) is 4. The molecule has 0 radical (unpaired) electrons. The molecule has 96 valence electrons. The van der Waals surface area contributed by atoms with E-state index in [0.717, 1.165) is 36.1 Å². The third kappa shape index (κ3) is 2.00. The number of fused-ring (bicyclic) bond motifs is 1.